The number of aryl methyl sites for hydroxylation is 1. The molecule has 3 aromatic heterocycles. The van der Waals surface area contributed by atoms with Crippen LogP contribution in [0, 0.1) is 11.7 Å². The number of imidazole rings is 1. The van der Waals surface area contributed by atoms with Crippen molar-refractivity contribution in [3.63, 3.8) is 0 Å². The first-order chi connectivity index (χ1) is 15.1. The minimum absolute atomic E-state index is 0.168. The summed E-state index contributed by atoms with van der Waals surface area (Å²) in [4.78, 5) is 17.1. The van der Waals surface area contributed by atoms with Crippen LogP contribution in [0.2, 0.25) is 0 Å². The normalized spacial score (nSPS) is 13.5. The predicted octanol–water partition coefficient (Wildman–Crippen LogP) is 3.74. The van der Waals surface area contributed by atoms with Crippen LogP contribution in [0.3, 0.4) is 0 Å². The molecule has 0 unspecified atom stereocenters. The Bertz CT molecular complexity index is 1300. The highest BCUT2D eigenvalue weighted by atomic mass is 32.1. The molecule has 3 heterocycles. The summed E-state index contributed by atoms with van der Waals surface area (Å²) in [7, 11) is 0. The maximum Gasteiger partial charge on any atom is 0.251 e. The summed E-state index contributed by atoms with van der Waals surface area (Å²) in [5, 5.41) is 9.95. The van der Waals surface area contributed by atoms with Gasteiger partial charge >= 0.3 is 0 Å². The summed E-state index contributed by atoms with van der Waals surface area (Å²) < 4.78 is 10.4. The fraction of sp³-hybridized carbons (Fsp3) is 0.273. The van der Waals surface area contributed by atoms with Crippen LogP contribution in [0.25, 0.3) is 5.65 Å². The molecule has 1 aliphatic carbocycles. The number of amides is 1. The van der Waals surface area contributed by atoms with Crippen LogP contribution in [0.4, 0.5) is 0 Å². The van der Waals surface area contributed by atoms with Crippen molar-refractivity contribution >= 4 is 23.8 Å². The Morgan fingerprint density at radius 2 is 2.10 bits per heavy atom. The predicted molar refractivity (Wildman–Crippen MR) is 118 cm³/mol. The van der Waals surface area contributed by atoms with E-state index in [1.54, 1.807) is 24.3 Å². The highest BCUT2D eigenvalue weighted by Crippen LogP contribution is 2.35. The topological polar surface area (TPSA) is 89.2 Å². The van der Waals surface area contributed by atoms with Gasteiger partial charge in [-0.3, -0.25) is 14.5 Å². The van der Waals surface area contributed by atoms with Gasteiger partial charge in [-0.05, 0) is 67.9 Å². The maximum atomic E-state index is 12.5. The Morgan fingerprint density at radius 1 is 1.29 bits per heavy atom. The zero-order chi connectivity index (χ0) is 21.4. The SMILES string of the molecule is Cc1cccn2cc(COc3ccc(C(=O)NCc4n[nH]c(=S)n4C4CC4)cc3)nc12. The van der Waals surface area contributed by atoms with Gasteiger partial charge in [-0.2, -0.15) is 5.10 Å². The van der Waals surface area contributed by atoms with Crippen molar-refractivity contribution in [2.45, 2.75) is 39.0 Å². The number of hydrogen-bond acceptors (Lipinski definition) is 5. The van der Waals surface area contributed by atoms with Gasteiger partial charge in [0.15, 0.2) is 10.6 Å². The molecular weight excluding hydrogens is 412 g/mol. The monoisotopic (exact) mass is 434 g/mol. The van der Waals surface area contributed by atoms with Crippen LogP contribution < -0.4 is 10.1 Å². The van der Waals surface area contributed by atoms with Crippen molar-refractivity contribution in [2.75, 3.05) is 0 Å². The third-order valence-electron chi connectivity index (χ3n) is 5.33. The summed E-state index contributed by atoms with van der Waals surface area (Å²) in [6, 6.07) is 11.5. The minimum Gasteiger partial charge on any atom is -0.487 e. The molecule has 1 amide bonds. The highest BCUT2D eigenvalue weighted by molar-refractivity contribution is 7.71. The van der Waals surface area contributed by atoms with E-state index in [-0.39, 0.29) is 5.91 Å². The number of H-pyrrole nitrogens is 1. The van der Waals surface area contributed by atoms with Gasteiger partial charge in [0, 0.05) is 24.0 Å². The number of nitrogens with zero attached hydrogens (tertiary/aromatic N) is 4. The van der Waals surface area contributed by atoms with Crippen LogP contribution in [0.5, 0.6) is 5.75 Å². The third kappa shape index (κ3) is 4.09. The number of ether oxygens (including phenoxy) is 1. The van der Waals surface area contributed by atoms with E-state index < -0.39 is 0 Å². The van der Waals surface area contributed by atoms with E-state index in [2.05, 4.69) is 20.5 Å². The van der Waals surface area contributed by atoms with Crippen molar-refractivity contribution in [1.29, 1.82) is 0 Å². The van der Waals surface area contributed by atoms with Crippen LogP contribution in [-0.2, 0) is 13.2 Å². The number of benzene rings is 1. The summed E-state index contributed by atoms with van der Waals surface area (Å²) in [5.41, 5.74) is 3.45. The lowest BCUT2D eigenvalue weighted by atomic mass is 10.2. The molecule has 2 N–H and O–H groups in total. The Morgan fingerprint density at radius 3 is 2.84 bits per heavy atom. The molecule has 0 spiro atoms. The van der Waals surface area contributed by atoms with Gasteiger partial charge in [0.25, 0.3) is 5.91 Å². The molecule has 0 bridgehead atoms. The maximum absolute atomic E-state index is 12.5. The van der Waals surface area contributed by atoms with Crippen LogP contribution >= 0.6 is 12.2 Å². The van der Waals surface area contributed by atoms with Gasteiger partial charge in [0.1, 0.15) is 18.0 Å². The van der Waals surface area contributed by atoms with Crippen molar-refractivity contribution < 1.29 is 9.53 Å². The molecule has 8 nitrogen and oxygen atoms in total. The number of fused-ring (bicyclic) bond motifs is 1. The quantitative estimate of drug-likeness (QED) is 0.433. The molecule has 5 rings (SSSR count). The minimum atomic E-state index is -0.168. The average molecular weight is 435 g/mol. The van der Waals surface area contributed by atoms with E-state index in [1.165, 1.54) is 0 Å². The fourth-order valence-corrected chi connectivity index (χ4v) is 3.87. The first-order valence-corrected chi connectivity index (χ1v) is 10.6. The number of hydrogen-bond donors (Lipinski definition) is 2. The number of aromatic nitrogens is 5. The van der Waals surface area contributed by atoms with Gasteiger partial charge in [-0.25, -0.2) is 4.98 Å². The molecule has 4 aromatic rings. The number of carbonyl (C=O) groups excluding carboxylic acids is 1. The van der Waals surface area contributed by atoms with Crippen molar-refractivity contribution in [2.24, 2.45) is 0 Å². The molecule has 0 aliphatic heterocycles. The molecule has 0 saturated heterocycles. The average Bonchev–Trinajstić information content (AvgIpc) is 3.40. The lowest BCUT2D eigenvalue weighted by molar-refractivity contribution is 0.0949. The molecule has 31 heavy (non-hydrogen) atoms. The second-order valence-corrected chi connectivity index (χ2v) is 8.08. The summed E-state index contributed by atoms with van der Waals surface area (Å²) in [5.74, 6) is 1.27. The molecule has 158 valence electrons. The second kappa shape index (κ2) is 7.99. The highest BCUT2D eigenvalue weighted by Gasteiger charge is 2.27. The Kier molecular flexibility index (Phi) is 5.03. The van der Waals surface area contributed by atoms with E-state index in [1.807, 2.05) is 40.4 Å². The van der Waals surface area contributed by atoms with Crippen LogP contribution in [-0.4, -0.2) is 30.1 Å². The summed E-state index contributed by atoms with van der Waals surface area (Å²) >= 11 is 5.27. The van der Waals surface area contributed by atoms with Crippen LogP contribution in [0.1, 0.15) is 46.3 Å². The summed E-state index contributed by atoms with van der Waals surface area (Å²) in [6.07, 6.45) is 6.13. The first-order valence-electron chi connectivity index (χ1n) is 10.2. The number of carbonyl (C=O) groups is 1. The van der Waals surface area contributed by atoms with E-state index in [9.17, 15) is 4.79 Å². The molecule has 1 aromatic carbocycles. The largest absolute Gasteiger partial charge is 0.487 e. The molecule has 0 atom stereocenters. The molecule has 9 heteroatoms. The van der Waals surface area contributed by atoms with Gasteiger partial charge in [0.2, 0.25) is 0 Å². The first kappa shape index (κ1) is 19.5. The second-order valence-electron chi connectivity index (χ2n) is 7.70. The van der Waals surface area contributed by atoms with Crippen LogP contribution in [0.15, 0.2) is 48.8 Å². The van der Waals surface area contributed by atoms with Gasteiger partial charge < -0.3 is 14.5 Å². The lowest BCUT2D eigenvalue weighted by Crippen LogP contribution is -2.24. The molecule has 1 saturated carbocycles. The number of aromatic amines is 1. The third-order valence-corrected chi connectivity index (χ3v) is 5.62. The number of pyridine rings is 1. The van der Waals surface area contributed by atoms with E-state index in [0.717, 1.165) is 35.6 Å². The Labute approximate surface area is 183 Å². The molecular formula is C22H22N6O2S. The van der Waals surface area contributed by atoms with Crippen molar-refractivity contribution in [3.8, 4) is 5.75 Å². The fourth-order valence-electron chi connectivity index (χ4n) is 3.57. The van der Waals surface area contributed by atoms with E-state index >= 15 is 0 Å². The Hall–Kier alpha value is -3.46. The standard InChI is InChI=1S/C22H22N6O2S/c1-14-3-2-10-27-12-16(24-20(14)27)13-30-18-8-4-15(5-9-18)21(29)23-11-19-25-26-22(31)28(19)17-6-7-17/h2-5,8-10,12,17H,6-7,11,13H2,1H3,(H,23,29)(H,26,31). The molecule has 1 aliphatic rings. The zero-order valence-electron chi connectivity index (χ0n) is 17.0. The smallest absolute Gasteiger partial charge is 0.251 e. The molecule has 1 fully saturated rings. The zero-order valence-corrected chi connectivity index (χ0v) is 17.9. The van der Waals surface area contributed by atoms with Gasteiger partial charge in [-0.15, -0.1) is 0 Å². The summed E-state index contributed by atoms with van der Waals surface area (Å²) in [6.45, 7) is 2.72. The number of nitrogens with one attached hydrogen (secondary N) is 2. The van der Waals surface area contributed by atoms with Gasteiger partial charge in [0.05, 0.1) is 12.2 Å². The van der Waals surface area contributed by atoms with Crippen molar-refractivity contribution in [3.05, 3.63) is 76.2 Å². The molecule has 0 radical (unpaired) electrons. The lowest BCUT2D eigenvalue weighted by Gasteiger charge is -2.08. The Balaban J connectivity index is 1.19. The van der Waals surface area contributed by atoms with E-state index in [4.69, 9.17) is 17.0 Å². The van der Waals surface area contributed by atoms with Gasteiger partial charge in [-0.1, -0.05) is 6.07 Å². The number of rotatable bonds is 7. The van der Waals surface area contributed by atoms with Crippen molar-refractivity contribution in [1.82, 2.24) is 29.5 Å². The van der Waals surface area contributed by atoms with E-state index in [0.29, 0.717) is 35.3 Å².